The van der Waals surface area contributed by atoms with Crippen LogP contribution < -0.4 is 9.80 Å². The van der Waals surface area contributed by atoms with E-state index in [1.54, 1.807) is 42.6 Å². The molecule has 1 amide bonds. The van der Waals surface area contributed by atoms with E-state index in [2.05, 4.69) is 4.98 Å². The van der Waals surface area contributed by atoms with Crippen LogP contribution in [0, 0.1) is 0 Å². The molecule has 0 bridgehead atoms. The maximum atomic E-state index is 13.0. The average Bonchev–Trinajstić information content (AvgIpc) is 3.36. The Morgan fingerprint density at radius 3 is 2.45 bits per heavy atom. The van der Waals surface area contributed by atoms with Gasteiger partial charge in [-0.05, 0) is 48.5 Å². The van der Waals surface area contributed by atoms with Crippen LogP contribution in [0.5, 0.6) is 0 Å². The summed E-state index contributed by atoms with van der Waals surface area (Å²) < 4.78 is 5.21. The van der Waals surface area contributed by atoms with Gasteiger partial charge in [0.05, 0.1) is 17.5 Å². The number of aromatic nitrogens is 1. The molecule has 1 aliphatic rings. The van der Waals surface area contributed by atoms with Crippen molar-refractivity contribution < 1.29 is 19.1 Å². The zero-order valence-electron chi connectivity index (χ0n) is 15.9. The third kappa shape index (κ3) is 3.16. The average molecular weight is 389 g/mol. The fraction of sp³-hybridized carbons (Fsp3) is 0.136. The zero-order chi connectivity index (χ0) is 20.5. The van der Waals surface area contributed by atoms with Gasteiger partial charge in [0.15, 0.2) is 11.5 Å². The zero-order valence-corrected chi connectivity index (χ0v) is 15.9. The lowest BCUT2D eigenvalue weighted by atomic mass is 9.98. The van der Waals surface area contributed by atoms with Gasteiger partial charge in [0.1, 0.15) is 6.04 Å². The summed E-state index contributed by atoms with van der Waals surface area (Å²) >= 11 is 0. The number of aliphatic hydroxyl groups is 1. The molecule has 1 aromatic carbocycles. The highest BCUT2D eigenvalue weighted by Gasteiger charge is 2.45. The lowest BCUT2D eigenvalue weighted by Crippen LogP contribution is -2.31. The maximum Gasteiger partial charge on any atom is 0.294 e. The Hall–Kier alpha value is -3.87. The Morgan fingerprint density at radius 2 is 1.86 bits per heavy atom. The van der Waals surface area contributed by atoms with Crippen LogP contribution in [0.4, 0.5) is 11.4 Å². The molecule has 3 aromatic rings. The smallest absolute Gasteiger partial charge is 0.294 e. The first-order chi connectivity index (χ1) is 14.0. The molecule has 0 spiro atoms. The number of aliphatic hydroxyl groups excluding tert-OH is 1. The predicted molar refractivity (Wildman–Crippen MR) is 108 cm³/mol. The van der Waals surface area contributed by atoms with Crippen molar-refractivity contribution >= 4 is 23.1 Å². The second-order valence-electron chi connectivity index (χ2n) is 6.81. The quantitative estimate of drug-likeness (QED) is 0.672. The van der Waals surface area contributed by atoms with Crippen LogP contribution >= 0.6 is 0 Å². The van der Waals surface area contributed by atoms with Crippen LogP contribution in [0.1, 0.15) is 22.3 Å². The highest BCUT2D eigenvalue weighted by atomic mass is 16.3. The topological polar surface area (TPSA) is 86.9 Å². The number of furan rings is 1. The maximum absolute atomic E-state index is 13.0. The van der Waals surface area contributed by atoms with E-state index >= 15 is 0 Å². The Labute approximate surface area is 167 Å². The third-order valence-electron chi connectivity index (χ3n) is 4.81. The van der Waals surface area contributed by atoms with Crippen LogP contribution in [0.25, 0.3) is 0 Å². The molecule has 0 saturated heterocycles. The normalized spacial score (nSPS) is 16.4. The molecule has 0 aliphatic carbocycles. The van der Waals surface area contributed by atoms with Crippen LogP contribution in [0.3, 0.4) is 0 Å². The number of nitrogens with zero attached hydrogens (tertiary/aromatic N) is 3. The van der Waals surface area contributed by atoms with E-state index in [1.807, 2.05) is 31.1 Å². The predicted octanol–water partition coefficient (Wildman–Crippen LogP) is 3.52. The van der Waals surface area contributed by atoms with E-state index in [-0.39, 0.29) is 11.3 Å². The van der Waals surface area contributed by atoms with Crippen LogP contribution in [-0.4, -0.2) is 35.9 Å². The number of hydrogen-bond acceptors (Lipinski definition) is 6. The molecular formula is C22H19N3O4. The number of Topliss-reactive ketones (excluding diaryl/α,β-unsaturated/α-hetero) is 1. The summed E-state index contributed by atoms with van der Waals surface area (Å²) in [5.74, 6) is -1.76. The van der Waals surface area contributed by atoms with Gasteiger partial charge in [-0.3, -0.25) is 19.5 Å². The van der Waals surface area contributed by atoms with Gasteiger partial charge in [0, 0.05) is 31.7 Å². The van der Waals surface area contributed by atoms with Crippen LogP contribution in [0.2, 0.25) is 0 Å². The number of amides is 1. The molecule has 7 nitrogen and oxygen atoms in total. The molecule has 29 heavy (non-hydrogen) atoms. The number of benzene rings is 1. The summed E-state index contributed by atoms with van der Waals surface area (Å²) in [5, 5.41) is 10.6. The van der Waals surface area contributed by atoms with Crippen molar-refractivity contribution in [3.05, 3.63) is 89.8 Å². The number of rotatable bonds is 5. The molecule has 146 valence electrons. The first-order valence-electron chi connectivity index (χ1n) is 9.02. The van der Waals surface area contributed by atoms with Crippen molar-refractivity contribution in [2.45, 2.75) is 6.04 Å². The van der Waals surface area contributed by atoms with E-state index in [4.69, 9.17) is 4.42 Å². The number of pyridine rings is 1. The third-order valence-corrected chi connectivity index (χ3v) is 4.81. The lowest BCUT2D eigenvalue weighted by molar-refractivity contribution is -0.117. The van der Waals surface area contributed by atoms with E-state index in [9.17, 15) is 14.7 Å². The van der Waals surface area contributed by atoms with E-state index in [0.29, 0.717) is 11.4 Å². The molecule has 1 unspecified atom stereocenters. The summed E-state index contributed by atoms with van der Waals surface area (Å²) in [7, 11) is 3.83. The van der Waals surface area contributed by atoms with Gasteiger partial charge in [-0.1, -0.05) is 6.07 Å². The van der Waals surface area contributed by atoms with Gasteiger partial charge in [-0.25, -0.2) is 0 Å². The van der Waals surface area contributed by atoms with Gasteiger partial charge in [0.2, 0.25) is 5.78 Å². The number of anilines is 2. The fourth-order valence-electron chi connectivity index (χ4n) is 3.37. The van der Waals surface area contributed by atoms with Crippen molar-refractivity contribution in [1.82, 2.24) is 4.98 Å². The Morgan fingerprint density at radius 1 is 1.10 bits per heavy atom. The van der Waals surface area contributed by atoms with Crippen molar-refractivity contribution in [3.8, 4) is 0 Å². The molecule has 1 N–H and O–H groups in total. The molecule has 4 rings (SSSR count). The summed E-state index contributed by atoms with van der Waals surface area (Å²) in [4.78, 5) is 33.7. The molecule has 3 heterocycles. The van der Waals surface area contributed by atoms with Crippen LogP contribution in [0.15, 0.2) is 82.8 Å². The SMILES string of the molecule is CN(C)c1ccc(N2C(=O)C(O)=C(C(=O)c3ccco3)C2c2ccccn2)cc1. The molecule has 0 fully saturated rings. The minimum absolute atomic E-state index is 0.0464. The van der Waals surface area contributed by atoms with Crippen molar-refractivity contribution in [1.29, 1.82) is 0 Å². The minimum Gasteiger partial charge on any atom is -0.503 e. The second kappa shape index (κ2) is 7.27. The highest BCUT2D eigenvalue weighted by Crippen LogP contribution is 2.41. The largest absolute Gasteiger partial charge is 0.503 e. The van der Waals surface area contributed by atoms with Gasteiger partial charge in [-0.2, -0.15) is 0 Å². The first kappa shape index (κ1) is 18.5. The first-order valence-corrected chi connectivity index (χ1v) is 9.02. The highest BCUT2D eigenvalue weighted by molar-refractivity contribution is 6.20. The van der Waals surface area contributed by atoms with Crippen molar-refractivity contribution in [2.75, 3.05) is 23.9 Å². The summed E-state index contributed by atoms with van der Waals surface area (Å²) in [6.07, 6.45) is 2.95. The second-order valence-corrected chi connectivity index (χ2v) is 6.81. The van der Waals surface area contributed by atoms with E-state index in [0.717, 1.165) is 5.69 Å². The molecular weight excluding hydrogens is 370 g/mol. The number of hydrogen-bond donors (Lipinski definition) is 1. The molecule has 0 saturated carbocycles. The lowest BCUT2D eigenvalue weighted by Gasteiger charge is -2.26. The Kier molecular flexibility index (Phi) is 4.64. The molecule has 1 atom stereocenters. The van der Waals surface area contributed by atoms with Gasteiger partial charge < -0.3 is 14.4 Å². The molecule has 0 radical (unpaired) electrons. The number of carbonyl (C=O) groups excluding carboxylic acids is 2. The fourth-order valence-corrected chi connectivity index (χ4v) is 3.37. The minimum atomic E-state index is -0.869. The van der Waals surface area contributed by atoms with Crippen molar-refractivity contribution in [2.24, 2.45) is 0 Å². The number of ketones is 1. The van der Waals surface area contributed by atoms with Crippen molar-refractivity contribution in [3.63, 3.8) is 0 Å². The Balaban J connectivity index is 1.83. The van der Waals surface area contributed by atoms with Gasteiger partial charge in [0.25, 0.3) is 5.91 Å². The standard InChI is InChI=1S/C22H19N3O4/c1-24(2)14-8-10-15(11-9-14)25-19(16-6-3-4-12-23-16)18(21(27)22(25)28)20(26)17-7-5-13-29-17/h3-13,19,27H,1-2H3. The van der Waals surface area contributed by atoms with E-state index in [1.165, 1.54) is 17.2 Å². The van der Waals surface area contributed by atoms with Crippen LogP contribution in [-0.2, 0) is 4.79 Å². The van der Waals surface area contributed by atoms with Gasteiger partial charge >= 0.3 is 0 Å². The van der Waals surface area contributed by atoms with E-state index < -0.39 is 23.5 Å². The molecule has 1 aliphatic heterocycles. The summed E-state index contributed by atoms with van der Waals surface area (Å²) in [5.41, 5.74) is 1.92. The number of carbonyl (C=O) groups is 2. The summed E-state index contributed by atoms with van der Waals surface area (Å²) in [6.45, 7) is 0. The monoisotopic (exact) mass is 389 g/mol. The molecule has 2 aromatic heterocycles. The van der Waals surface area contributed by atoms with Gasteiger partial charge in [-0.15, -0.1) is 0 Å². The molecule has 7 heteroatoms. The Bertz CT molecular complexity index is 1070. The summed E-state index contributed by atoms with van der Waals surface area (Å²) in [6, 6.07) is 14.7.